The number of anilines is 1. The summed E-state index contributed by atoms with van der Waals surface area (Å²) in [7, 11) is 1.59. The Labute approximate surface area is 126 Å². The smallest absolute Gasteiger partial charge is 0.319 e. The quantitative estimate of drug-likeness (QED) is 0.689. The van der Waals surface area contributed by atoms with Crippen LogP contribution in [0.5, 0.6) is 5.75 Å². The second-order valence-corrected chi connectivity index (χ2v) is 5.26. The minimum Gasteiger partial charge on any atom is -0.497 e. The Bertz CT molecular complexity index is 426. The third-order valence-corrected chi connectivity index (χ3v) is 3.36. The van der Waals surface area contributed by atoms with Gasteiger partial charge in [-0.25, -0.2) is 4.79 Å². The molecule has 5 heteroatoms. The summed E-state index contributed by atoms with van der Waals surface area (Å²) in [5, 5.41) is 15.9. The largest absolute Gasteiger partial charge is 0.497 e. The van der Waals surface area contributed by atoms with E-state index in [0.29, 0.717) is 18.5 Å². The zero-order chi connectivity index (χ0) is 15.7. The minimum atomic E-state index is -0.819. The van der Waals surface area contributed by atoms with E-state index in [-0.39, 0.29) is 12.6 Å². The molecule has 0 aliphatic heterocycles. The van der Waals surface area contributed by atoms with Crippen LogP contribution < -0.4 is 15.4 Å². The van der Waals surface area contributed by atoms with Crippen LogP contribution in [0.1, 0.15) is 39.5 Å². The molecule has 0 bridgehead atoms. The summed E-state index contributed by atoms with van der Waals surface area (Å²) in [5.74, 6) is 0.737. The van der Waals surface area contributed by atoms with Gasteiger partial charge in [0.05, 0.1) is 12.7 Å². The molecule has 1 aromatic rings. The van der Waals surface area contributed by atoms with Crippen molar-refractivity contribution in [1.82, 2.24) is 5.32 Å². The Morgan fingerprint density at radius 3 is 2.24 bits per heavy atom. The first-order valence-corrected chi connectivity index (χ1v) is 7.44. The van der Waals surface area contributed by atoms with Crippen molar-refractivity contribution >= 4 is 11.7 Å². The van der Waals surface area contributed by atoms with E-state index in [0.717, 1.165) is 18.6 Å². The highest BCUT2D eigenvalue weighted by Crippen LogP contribution is 2.19. The van der Waals surface area contributed by atoms with Crippen LogP contribution in [-0.2, 0) is 0 Å². The molecule has 1 rings (SSSR count). The lowest BCUT2D eigenvalue weighted by molar-refractivity contribution is 0.0245. The number of nitrogens with one attached hydrogen (secondary N) is 2. The summed E-state index contributed by atoms with van der Waals surface area (Å²) >= 11 is 0. The van der Waals surface area contributed by atoms with E-state index in [1.54, 1.807) is 31.4 Å². The molecule has 0 radical (unpaired) electrons. The van der Waals surface area contributed by atoms with E-state index < -0.39 is 5.60 Å². The highest BCUT2D eigenvalue weighted by molar-refractivity contribution is 5.89. The van der Waals surface area contributed by atoms with Gasteiger partial charge in [0.15, 0.2) is 0 Å². The summed E-state index contributed by atoms with van der Waals surface area (Å²) in [6, 6.07) is 6.77. The van der Waals surface area contributed by atoms with Gasteiger partial charge in [0.2, 0.25) is 0 Å². The standard InChI is InChI=1S/C16H26N2O3/c1-4-10-16(20,11-5-2)12-17-15(19)18-13-6-8-14(21-3)9-7-13/h6-9,20H,4-5,10-12H2,1-3H3,(H2,17,18,19). The van der Waals surface area contributed by atoms with Gasteiger partial charge in [0, 0.05) is 12.2 Å². The number of ether oxygens (including phenoxy) is 1. The third kappa shape index (κ3) is 6.04. The Morgan fingerprint density at radius 2 is 1.76 bits per heavy atom. The topological polar surface area (TPSA) is 70.6 Å². The molecule has 0 saturated heterocycles. The fourth-order valence-electron chi connectivity index (χ4n) is 2.33. The van der Waals surface area contributed by atoms with Crippen LogP contribution in [0, 0.1) is 0 Å². The Balaban J connectivity index is 2.48. The Hall–Kier alpha value is -1.75. The molecule has 1 aromatic carbocycles. The average molecular weight is 294 g/mol. The van der Waals surface area contributed by atoms with Gasteiger partial charge < -0.3 is 20.5 Å². The van der Waals surface area contributed by atoms with Crippen LogP contribution in [0.15, 0.2) is 24.3 Å². The Kier molecular flexibility index (Phi) is 7.02. The van der Waals surface area contributed by atoms with Gasteiger partial charge in [-0.05, 0) is 37.1 Å². The molecule has 0 unspecified atom stereocenters. The molecule has 0 heterocycles. The van der Waals surface area contributed by atoms with Gasteiger partial charge in [-0.15, -0.1) is 0 Å². The van der Waals surface area contributed by atoms with Gasteiger partial charge in [-0.3, -0.25) is 0 Å². The first-order valence-electron chi connectivity index (χ1n) is 7.44. The number of hydrogen-bond donors (Lipinski definition) is 3. The number of aliphatic hydroxyl groups is 1. The van der Waals surface area contributed by atoms with E-state index in [1.807, 2.05) is 13.8 Å². The van der Waals surface area contributed by atoms with Crippen molar-refractivity contribution in [3.63, 3.8) is 0 Å². The van der Waals surface area contributed by atoms with Crippen LogP contribution in [0.3, 0.4) is 0 Å². The lowest BCUT2D eigenvalue weighted by atomic mass is 9.93. The summed E-state index contributed by atoms with van der Waals surface area (Å²) in [5.41, 5.74) is -0.136. The van der Waals surface area contributed by atoms with E-state index >= 15 is 0 Å². The normalized spacial score (nSPS) is 11.0. The van der Waals surface area contributed by atoms with Crippen molar-refractivity contribution in [3.05, 3.63) is 24.3 Å². The molecule has 0 aromatic heterocycles. The highest BCUT2D eigenvalue weighted by atomic mass is 16.5. The molecular weight excluding hydrogens is 268 g/mol. The predicted octanol–water partition coefficient (Wildman–Crippen LogP) is 3.15. The number of methoxy groups -OCH3 is 1. The molecule has 0 aliphatic carbocycles. The van der Waals surface area contributed by atoms with Gasteiger partial charge in [0.1, 0.15) is 5.75 Å². The third-order valence-electron chi connectivity index (χ3n) is 3.36. The van der Waals surface area contributed by atoms with Gasteiger partial charge >= 0.3 is 6.03 Å². The van der Waals surface area contributed by atoms with Crippen molar-refractivity contribution < 1.29 is 14.6 Å². The number of benzene rings is 1. The molecule has 0 saturated carbocycles. The second-order valence-electron chi connectivity index (χ2n) is 5.26. The molecule has 0 spiro atoms. The summed E-state index contributed by atoms with van der Waals surface area (Å²) in [6.45, 7) is 4.31. The molecular formula is C16H26N2O3. The van der Waals surface area contributed by atoms with Crippen LogP contribution in [0.25, 0.3) is 0 Å². The van der Waals surface area contributed by atoms with E-state index in [9.17, 15) is 9.90 Å². The van der Waals surface area contributed by atoms with Crippen molar-refractivity contribution in [2.45, 2.75) is 45.1 Å². The average Bonchev–Trinajstić information content (AvgIpc) is 2.47. The van der Waals surface area contributed by atoms with Crippen LogP contribution >= 0.6 is 0 Å². The molecule has 0 atom stereocenters. The number of carbonyl (C=O) groups excluding carboxylic acids is 1. The van der Waals surface area contributed by atoms with Gasteiger partial charge in [0.25, 0.3) is 0 Å². The molecule has 118 valence electrons. The fraction of sp³-hybridized carbons (Fsp3) is 0.562. The van der Waals surface area contributed by atoms with Crippen LogP contribution in [-0.4, -0.2) is 30.4 Å². The van der Waals surface area contributed by atoms with Gasteiger partial charge in [-0.2, -0.15) is 0 Å². The molecule has 2 amide bonds. The molecule has 0 aliphatic rings. The van der Waals surface area contributed by atoms with Crippen molar-refractivity contribution in [1.29, 1.82) is 0 Å². The second kappa shape index (κ2) is 8.52. The maximum absolute atomic E-state index is 11.9. The molecule has 0 fully saturated rings. The number of rotatable bonds is 8. The van der Waals surface area contributed by atoms with Crippen molar-refractivity contribution in [3.8, 4) is 5.75 Å². The first kappa shape index (κ1) is 17.3. The van der Waals surface area contributed by atoms with E-state index in [2.05, 4.69) is 10.6 Å². The summed E-state index contributed by atoms with van der Waals surface area (Å²) < 4.78 is 5.06. The monoisotopic (exact) mass is 294 g/mol. The fourth-order valence-corrected chi connectivity index (χ4v) is 2.33. The molecule has 3 N–H and O–H groups in total. The van der Waals surface area contributed by atoms with Crippen molar-refractivity contribution in [2.75, 3.05) is 19.0 Å². The highest BCUT2D eigenvalue weighted by Gasteiger charge is 2.25. The number of hydrogen-bond acceptors (Lipinski definition) is 3. The van der Waals surface area contributed by atoms with E-state index in [1.165, 1.54) is 0 Å². The molecule has 21 heavy (non-hydrogen) atoms. The zero-order valence-corrected chi connectivity index (χ0v) is 13.1. The SMILES string of the molecule is CCCC(O)(CCC)CNC(=O)Nc1ccc(OC)cc1. The summed E-state index contributed by atoms with van der Waals surface area (Å²) in [6.07, 6.45) is 3.14. The predicted molar refractivity (Wildman–Crippen MR) is 84.8 cm³/mol. The van der Waals surface area contributed by atoms with Crippen LogP contribution in [0.4, 0.5) is 10.5 Å². The van der Waals surface area contributed by atoms with E-state index in [4.69, 9.17) is 4.74 Å². The number of urea groups is 1. The number of carbonyl (C=O) groups is 1. The van der Waals surface area contributed by atoms with Gasteiger partial charge in [-0.1, -0.05) is 26.7 Å². The lowest BCUT2D eigenvalue weighted by Crippen LogP contribution is -2.44. The molecule has 5 nitrogen and oxygen atoms in total. The minimum absolute atomic E-state index is 0.261. The van der Waals surface area contributed by atoms with Crippen molar-refractivity contribution in [2.24, 2.45) is 0 Å². The zero-order valence-electron chi connectivity index (χ0n) is 13.1. The van der Waals surface area contributed by atoms with Crippen LogP contribution in [0.2, 0.25) is 0 Å². The maximum Gasteiger partial charge on any atom is 0.319 e. The Morgan fingerprint density at radius 1 is 1.19 bits per heavy atom. The first-order chi connectivity index (χ1) is 10.0. The summed E-state index contributed by atoms with van der Waals surface area (Å²) in [4.78, 5) is 11.9. The lowest BCUT2D eigenvalue weighted by Gasteiger charge is -2.27. The number of amides is 2. The maximum atomic E-state index is 11.9.